The first-order valence-electron chi connectivity index (χ1n) is 12.0. The number of rotatable bonds is 10. The lowest BCUT2D eigenvalue weighted by atomic mass is 9.76. The molecular formula is C25H34N2O6. The molecule has 0 bridgehead atoms. The molecule has 1 fully saturated rings. The maximum atomic E-state index is 13.4. The van der Waals surface area contributed by atoms with Crippen molar-refractivity contribution in [1.29, 1.82) is 0 Å². The summed E-state index contributed by atoms with van der Waals surface area (Å²) in [7, 11) is 0. The number of hydrogen-bond donors (Lipinski definition) is 3. The smallest absolute Gasteiger partial charge is 0.247 e. The number of para-hydroxylation sites is 1. The van der Waals surface area contributed by atoms with Crippen LogP contribution in [0.25, 0.3) is 0 Å². The summed E-state index contributed by atoms with van der Waals surface area (Å²) in [5, 5.41) is 23.3. The predicted molar refractivity (Wildman–Crippen MR) is 122 cm³/mol. The molecule has 1 aromatic rings. The topological polar surface area (TPSA) is 108 Å². The maximum Gasteiger partial charge on any atom is 0.247 e. The number of nitrogens with one attached hydrogen (secondary N) is 1. The molecule has 0 radical (unpaired) electrons. The summed E-state index contributed by atoms with van der Waals surface area (Å²) in [5.41, 5.74) is 1.31. The van der Waals surface area contributed by atoms with Gasteiger partial charge in [0.05, 0.1) is 18.6 Å². The number of hydrogen-bond acceptors (Lipinski definition) is 6. The number of nitrogens with zero attached hydrogens (tertiary/aromatic N) is 1. The molecule has 4 rings (SSSR count). The van der Waals surface area contributed by atoms with Gasteiger partial charge in [-0.3, -0.25) is 9.59 Å². The Morgan fingerprint density at radius 1 is 1.27 bits per heavy atom. The largest absolute Gasteiger partial charge is 0.486 e. The lowest BCUT2D eigenvalue weighted by molar-refractivity contribution is -0.144. The molecule has 0 spiro atoms. The fraction of sp³-hybridized carbons (Fsp3) is 0.600. The highest BCUT2D eigenvalue weighted by Crippen LogP contribution is 2.47. The number of carbonyl (C=O) groups excluding carboxylic acids is 2. The third-order valence-electron chi connectivity index (χ3n) is 6.87. The number of benzene rings is 1. The van der Waals surface area contributed by atoms with Gasteiger partial charge in [0.2, 0.25) is 11.8 Å². The third kappa shape index (κ3) is 4.78. The van der Waals surface area contributed by atoms with Gasteiger partial charge in [-0.1, -0.05) is 24.6 Å². The fourth-order valence-electron chi connectivity index (χ4n) is 4.97. The van der Waals surface area contributed by atoms with Gasteiger partial charge in [0.25, 0.3) is 0 Å². The zero-order chi connectivity index (χ0) is 23.4. The van der Waals surface area contributed by atoms with E-state index in [0.717, 1.165) is 24.8 Å². The molecule has 3 aliphatic rings. The number of aliphatic hydroxyl groups is 2. The SMILES string of the molecule is CCOCCCN(C(=O)C1CCC1)C1C=C(C(=O)NCCO)C2c3ccccc3OC2C1O. The molecule has 2 aliphatic carbocycles. The summed E-state index contributed by atoms with van der Waals surface area (Å²) in [6.45, 7) is 3.45. The van der Waals surface area contributed by atoms with Crippen molar-refractivity contribution in [1.82, 2.24) is 10.2 Å². The molecular weight excluding hydrogens is 424 g/mol. The highest BCUT2D eigenvalue weighted by Gasteiger charge is 2.50. The van der Waals surface area contributed by atoms with Crippen LogP contribution in [0.4, 0.5) is 0 Å². The summed E-state index contributed by atoms with van der Waals surface area (Å²) in [6.07, 6.45) is 3.47. The van der Waals surface area contributed by atoms with Crippen LogP contribution in [0.15, 0.2) is 35.9 Å². The van der Waals surface area contributed by atoms with Crippen LogP contribution in [-0.2, 0) is 14.3 Å². The highest BCUT2D eigenvalue weighted by atomic mass is 16.5. The van der Waals surface area contributed by atoms with Gasteiger partial charge < -0.3 is 29.9 Å². The quantitative estimate of drug-likeness (QED) is 0.457. The Balaban J connectivity index is 1.67. The van der Waals surface area contributed by atoms with Crippen LogP contribution in [0.5, 0.6) is 5.75 Å². The standard InChI is InChI=1S/C25H34N2O6/c1-2-32-14-6-12-27(25(31)16-7-5-8-16)19-15-18(24(30)26-11-13-28)21-17-9-3-4-10-20(17)33-23(21)22(19)29/h3-4,9-10,15-16,19,21-23,28-29H,2,5-8,11-14H2,1H3,(H,26,30). The number of carbonyl (C=O) groups is 2. The van der Waals surface area contributed by atoms with E-state index in [1.54, 1.807) is 11.0 Å². The first-order chi connectivity index (χ1) is 16.1. The molecule has 0 aromatic heterocycles. The van der Waals surface area contributed by atoms with E-state index in [-0.39, 0.29) is 30.9 Å². The predicted octanol–water partition coefficient (Wildman–Crippen LogP) is 1.36. The van der Waals surface area contributed by atoms with Crippen molar-refractivity contribution in [2.24, 2.45) is 5.92 Å². The summed E-state index contributed by atoms with van der Waals surface area (Å²) in [6, 6.07) is 6.80. The Kier molecular flexibility index (Phi) is 7.67. The first-order valence-corrected chi connectivity index (χ1v) is 12.0. The van der Waals surface area contributed by atoms with Gasteiger partial charge in [0.15, 0.2) is 0 Å². The van der Waals surface area contributed by atoms with Gasteiger partial charge in [-0.05, 0) is 38.3 Å². The average Bonchev–Trinajstić information content (AvgIpc) is 3.17. The van der Waals surface area contributed by atoms with E-state index in [9.17, 15) is 19.8 Å². The average molecular weight is 459 g/mol. The minimum absolute atomic E-state index is 0.0159. The van der Waals surface area contributed by atoms with Crippen molar-refractivity contribution >= 4 is 11.8 Å². The van der Waals surface area contributed by atoms with Crippen molar-refractivity contribution in [3.63, 3.8) is 0 Å². The van der Waals surface area contributed by atoms with E-state index >= 15 is 0 Å². The van der Waals surface area contributed by atoms with E-state index in [1.165, 1.54) is 0 Å². The van der Waals surface area contributed by atoms with Crippen molar-refractivity contribution in [2.45, 2.75) is 56.8 Å². The third-order valence-corrected chi connectivity index (χ3v) is 6.87. The van der Waals surface area contributed by atoms with E-state index in [1.807, 2.05) is 31.2 Å². The Morgan fingerprint density at radius 2 is 2.06 bits per heavy atom. The first kappa shape index (κ1) is 23.7. The van der Waals surface area contributed by atoms with E-state index in [0.29, 0.717) is 37.5 Å². The fourth-order valence-corrected chi connectivity index (χ4v) is 4.97. The van der Waals surface area contributed by atoms with E-state index < -0.39 is 24.2 Å². The lowest BCUT2D eigenvalue weighted by Gasteiger charge is -2.42. The maximum absolute atomic E-state index is 13.4. The molecule has 1 aliphatic heterocycles. The molecule has 0 saturated heterocycles. The number of aliphatic hydroxyl groups excluding tert-OH is 2. The lowest BCUT2D eigenvalue weighted by Crippen LogP contribution is -2.57. The second-order valence-corrected chi connectivity index (χ2v) is 8.89. The van der Waals surface area contributed by atoms with E-state index in [2.05, 4.69) is 5.32 Å². The molecule has 33 heavy (non-hydrogen) atoms. The molecule has 1 saturated carbocycles. The van der Waals surface area contributed by atoms with Crippen molar-refractivity contribution in [3.05, 3.63) is 41.5 Å². The van der Waals surface area contributed by atoms with Crippen LogP contribution in [-0.4, -0.2) is 78.1 Å². The van der Waals surface area contributed by atoms with Gasteiger partial charge in [0.1, 0.15) is 18.0 Å². The zero-order valence-corrected chi connectivity index (χ0v) is 19.1. The molecule has 4 atom stereocenters. The van der Waals surface area contributed by atoms with Crippen LogP contribution < -0.4 is 10.1 Å². The van der Waals surface area contributed by atoms with Gasteiger partial charge in [0, 0.05) is 43.4 Å². The van der Waals surface area contributed by atoms with Crippen LogP contribution in [0.3, 0.4) is 0 Å². The Hall–Kier alpha value is -2.42. The minimum Gasteiger partial charge on any atom is -0.486 e. The molecule has 1 aromatic carbocycles. The second kappa shape index (κ2) is 10.7. The molecule has 3 N–H and O–H groups in total. The normalized spacial score (nSPS) is 25.8. The molecule has 8 nitrogen and oxygen atoms in total. The Bertz CT molecular complexity index is 883. The summed E-state index contributed by atoms with van der Waals surface area (Å²) in [4.78, 5) is 28.2. The number of ether oxygens (including phenoxy) is 2. The number of fused-ring (bicyclic) bond motifs is 3. The minimum atomic E-state index is -0.979. The monoisotopic (exact) mass is 458 g/mol. The van der Waals surface area contributed by atoms with Gasteiger partial charge in [-0.25, -0.2) is 0 Å². The summed E-state index contributed by atoms with van der Waals surface area (Å²) >= 11 is 0. The van der Waals surface area contributed by atoms with Crippen LogP contribution in [0.2, 0.25) is 0 Å². The molecule has 1 heterocycles. The van der Waals surface area contributed by atoms with Crippen molar-refractivity contribution in [3.8, 4) is 5.75 Å². The van der Waals surface area contributed by atoms with Gasteiger partial charge >= 0.3 is 0 Å². The molecule has 180 valence electrons. The number of amides is 2. The van der Waals surface area contributed by atoms with Gasteiger partial charge in [-0.2, -0.15) is 0 Å². The van der Waals surface area contributed by atoms with Gasteiger partial charge in [-0.15, -0.1) is 0 Å². The Labute approximate surface area is 194 Å². The van der Waals surface area contributed by atoms with Crippen LogP contribution in [0, 0.1) is 5.92 Å². The molecule has 2 amide bonds. The Morgan fingerprint density at radius 3 is 2.76 bits per heavy atom. The second-order valence-electron chi connectivity index (χ2n) is 8.89. The highest BCUT2D eigenvalue weighted by molar-refractivity contribution is 5.96. The van der Waals surface area contributed by atoms with Crippen molar-refractivity contribution in [2.75, 3.05) is 32.9 Å². The molecule has 4 unspecified atom stereocenters. The zero-order valence-electron chi connectivity index (χ0n) is 19.1. The van der Waals surface area contributed by atoms with Crippen LogP contribution in [0.1, 0.15) is 44.1 Å². The summed E-state index contributed by atoms with van der Waals surface area (Å²) in [5.74, 6) is -0.135. The van der Waals surface area contributed by atoms with Crippen LogP contribution >= 0.6 is 0 Å². The summed E-state index contributed by atoms with van der Waals surface area (Å²) < 4.78 is 11.6. The van der Waals surface area contributed by atoms with E-state index in [4.69, 9.17) is 9.47 Å². The molecule has 8 heteroatoms. The van der Waals surface area contributed by atoms with Crippen molar-refractivity contribution < 1.29 is 29.3 Å².